The minimum Gasteiger partial charge on any atom is -0.399 e. The Kier molecular flexibility index (Phi) is 3.25. The molecule has 16 heavy (non-hydrogen) atoms. The highest BCUT2D eigenvalue weighted by Gasteiger charge is 2.09. The van der Waals surface area contributed by atoms with Gasteiger partial charge in [-0.05, 0) is 36.6 Å². The molecule has 0 aliphatic carbocycles. The maximum Gasteiger partial charge on any atom is 0.123 e. The summed E-state index contributed by atoms with van der Waals surface area (Å²) < 4.78 is 0. The summed E-state index contributed by atoms with van der Waals surface area (Å²) in [7, 11) is 0. The number of rotatable bonds is 3. The second kappa shape index (κ2) is 4.66. The fourth-order valence-corrected chi connectivity index (χ4v) is 2.43. The quantitative estimate of drug-likeness (QED) is 0.815. The van der Waals surface area contributed by atoms with E-state index >= 15 is 0 Å². The van der Waals surface area contributed by atoms with Gasteiger partial charge >= 0.3 is 0 Å². The third-order valence-electron chi connectivity index (χ3n) is 2.80. The summed E-state index contributed by atoms with van der Waals surface area (Å²) in [4.78, 5) is 4.66. The second-order valence-corrected chi connectivity index (χ2v) is 4.87. The summed E-state index contributed by atoms with van der Waals surface area (Å²) in [6.45, 7) is 4.40. The van der Waals surface area contributed by atoms with Gasteiger partial charge in [0.25, 0.3) is 0 Å². The van der Waals surface area contributed by atoms with Crippen LogP contribution in [0.4, 0.5) is 5.69 Å². The molecule has 0 saturated heterocycles. The normalized spacial score (nSPS) is 12.6. The molecule has 0 fully saturated rings. The lowest BCUT2D eigenvalue weighted by atomic mass is 10.1. The van der Waals surface area contributed by atoms with Crippen molar-refractivity contribution in [1.29, 1.82) is 0 Å². The van der Waals surface area contributed by atoms with Crippen molar-refractivity contribution in [3.8, 4) is 10.6 Å². The lowest BCUT2D eigenvalue weighted by Crippen LogP contribution is -1.91. The van der Waals surface area contributed by atoms with E-state index < -0.39 is 0 Å². The zero-order valence-electron chi connectivity index (χ0n) is 9.60. The highest BCUT2D eigenvalue weighted by Crippen LogP contribution is 2.28. The minimum atomic E-state index is 0.541. The first-order valence-corrected chi connectivity index (χ1v) is 6.40. The molecule has 1 heterocycles. The molecule has 2 aromatic rings. The van der Waals surface area contributed by atoms with Gasteiger partial charge in [-0.3, -0.25) is 0 Å². The third-order valence-corrected chi connectivity index (χ3v) is 3.71. The first-order valence-electron chi connectivity index (χ1n) is 5.52. The molecule has 0 amide bonds. The van der Waals surface area contributed by atoms with Crippen LogP contribution < -0.4 is 5.73 Å². The molecule has 2 rings (SSSR count). The van der Waals surface area contributed by atoms with E-state index in [-0.39, 0.29) is 0 Å². The van der Waals surface area contributed by atoms with E-state index in [0.717, 1.165) is 22.7 Å². The van der Waals surface area contributed by atoms with E-state index in [4.69, 9.17) is 5.73 Å². The van der Waals surface area contributed by atoms with E-state index in [1.807, 2.05) is 24.3 Å². The minimum absolute atomic E-state index is 0.541. The van der Waals surface area contributed by atoms with E-state index in [1.54, 1.807) is 11.3 Å². The number of hydrogen-bond donors (Lipinski definition) is 1. The van der Waals surface area contributed by atoms with Gasteiger partial charge in [0, 0.05) is 16.6 Å². The van der Waals surface area contributed by atoms with E-state index in [0.29, 0.717) is 5.92 Å². The van der Waals surface area contributed by atoms with Gasteiger partial charge in [0.2, 0.25) is 0 Å². The summed E-state index contributed by atoms with van der Waals surface area (Å²) in [5.74, 6) is 0.541. The summed E-state index contributed by atoms with van der Waals surface area (Å²) in [6.07, 6.45) is 1.13. The molecule has 1 unspecified atom stereocenters. The molecule has 1 aromatic carbocycles. The Morgan fingerprint density at radius 3 is 2.62 bits per heavy atom. The van der Waals surface area contributed by atoms with Crippen LogP contribution in [0.3, 0.4) is 0 Å². The second-order valence-electron chi connectivity index (χ2n) is 4.01. The average molecular weight is 232 g/mol. The predicted octanol–water partition coefficient (Wildman–Crippen LogP) is 3.91. The molecule has 0 aliphatic rings. The van der Waals surface area contributed by atoms with Crippen LogP contribution in [-0.4, -0.2) is 4.98 Å². The number of aromatic nitrogens is 1. The predicted molar refractivity (Wildman–Crippen MR) is 70.7 cm³/mol. The smallest absolute Gasteiger partial charge is 0.123 e. The summed E-state index contributed by atoms with van der Waals surface area (Å²) in [5.41, 5.74) is 8.80. The molecule has 2 nitrogen and oxygen atoms in total. The number of thiazole rings is 1. The van der Waals surface area contributed by atoms with Crippen LogP contribution in [0.1, 0.15) is 31.9 Å². The van der Waals surface area contributed by atoms with Crippen molar-refractivity contribution in [3.05, 3.63) is 35.3 Å². The zero-order chi connectivity index (χ0) is 11.5. The number of nitrogens with two attached hydrogens (primary N) is 1. The molecule has 0 aliphatic heterocycles. The molecule has 84 valence electrons. The highest BCUT2D eigenvalue weighted by molar-refractivity contribution is 7.13. The van der Waals surface area contributed by atoms with E-state index in [1.165, 1.54) is 5.69 Å². The Balaban J connectivity index is 2.28. The highest BCUT2D eigenvalue weighted by atomic mass is 32.1. The SMILES string of the molecule is CCC(C)c1csc(-c2ccc(N)cc2)n1. The average Bonchev–Trinajstić information content (AvgIpc) is 2.78. The van der Waals surface area contributed by atoms with Crippen molar-refractivity contribution in [1.82, 2.24) is 4.98 Å². The fourth-order valence-electron chi connectivity index (χ4n) is 1.48. The molecule has 0 spiro atoms. The Labute approximate surface area is 100 Å². The molecule has 1 aromatic heterocycles. The number of nitrogens with zero attached hydrogens (tertiary/aromatic N) is 1. The van der Waals surface area contributed by atoms with E-state index in [9.17, 15) is 0 Å². The first-order chi connectivity index (χ1) is 7.70. The lowest BCUT2D eigenvalue weighted by molar-refractivity contribution is 0.714. The van der Waals surface area contributed by atoms with Crippen molar-refractivity contribution in [2.45, 2.75) is 26.2 Å². The molecule has 0 radical (unpaired) electrons. The Hall–Kier alpha value is -1.35. The van der Waals surface area contributed by atoms with Crippen LogP contribution in [0, 0.1) is 0 Å². The van der Waals surface area contributed by atoms with Crippen LogP contribution in [0.15, 0.2) is 29.6 Å². The Morgan fingerprint density at radius 2 is 2.00 bits per heavy atom. The van der Waals surface area contributed by atoms with Crippen LogP contribution in [-0.2, 0) is 0 Å². The molecule has 2 N–H and O–H groups in total. The van der Waals surface area contributed by atoms with Crippen LogP contribution in [0.2, 0.25) is 0 Å². The molecule has 3 heteroatoms. The molecular weight excluding hydrogens is 216 g/mol. The summed E-state index contributed by atoms with van der Waals surface area (Å²) in [6, 6.07) is 7.88. The van der Waals surface area contributed by atoms with Gasteiger partial charge < -0.3 is 5.73 Å². The van der Waals surface area contributed by atoms with Gasteiger partial charge in [-0.15, -0.1) is 11.3 Å². The van der Waals surface area contributed by atoms with Crippen LogP contribution in [0.5, 0.6) is 0 Å². The molecule has 1 atom stereocenters. The van der Waals surface area contributed by atoms with Crippen LogP contribution in [0.25, 0.3) is 10.6 Å². The summed E-state index contributed by atoms with van der Waals surface area (Å²) >= 11 is 1.70. The van der Waals surface area contributed by atoms with Gasteiger partial charge in [0.1, 0.15) is 5.01 Å². The van der Waals surface area contributed by atoms with Gasteiger partial charge in [-0.2, -0.15) is 0 Å². The maximum absolute atomic E-state index is 5.66. The molecule has 0 saturated carbocycles. The molecule has 0 bridgehead atoms. The van der Waals surface area contributed by atoms with Crippen molar-refractivity contribution in [2.24, 2.45) is 0 Å². The number of anilines is 1. The lowest BCUT2D eigenvalue weighted by Gasteiger charge is -2.02. The van der Waals surface area contributed by atoms with Crippen molar-refractivity contribution in [2.75, 3.05) is 5.73 Å². The Morgan fingerprint density at radius 1 is 1.31 bits per heavy atom. The molecular formula is C13H16N2S. The van der Waals surface area contributed by atoms with Gasteiger partial charge in [-0.25, -0.2) is 4.98 Å². The zero-order valence-corrected chi connectivity index (χ0v) is 10.4. The van der Waals surface area contributed by atoms with E-state index in [2.05, 4.69) is 24.2 Å². The summed E-state index contributed by atoms with van der Waals surface area (Å²) in [5, 5.41) is 3.23. The largest absolute Gasteiger partial charge is 0.399 e. The number of nitrogen functional groups attached to an aromatic ring is 1. The van der Waals surface area contributed by atoms with Gasteiger partial charge in [0.05, 0.1) is 5.69 Å². The van der Waals surface area contributed by atoms with Crippen molar-refractivity contribution in [3.63, 3.8) is 0 Å². The van der Waals surface area contributed by atoms with Crippen molar-refractivity contribution >= 4 is 17.0 Å². The maximum atomic E-state index is 5.66. The van der Waals surface area contributed by atoms with Gasteiger partial charge in [-0.1, -0.05) is 13.8 Å². The third kappa shape index (κ3) is 2.25. The fraction of sp³-hybridized carbons (Fsp3) is 0.308. The van der Waals surface area contributed by atoms with Gasteiger partial charge in [0.15, 0.2) is 0 Å². The standard InChI is InChI=1S/C13H16N2S/c1-3-9(2)12-8-16-13(15-12)10-4-6-11(14)7-5-10/h4-9H,3,14H2,1-2H3. The Bertz CT molecular complexity index is 459. The monoisotopic (exact) mass is 232 g/mol. The number of benzene rings is 1. The van der Waals surface area contributed by atoms with Crippen LogP contribution >= 0.6 is 11.3 Å². The number of hydrogen-bond acceptors (Lipinski definition) is 3. The first kappa shape index (κ1) is 11.1. The topological polar surface area (TPSA) is 38.9 Å². The van der Waals surface area contributed by atoms with Crippen molar-refractivity contribution < 1.29 is 0 Å².